The number of nitrogens with zero attached hydrogens (tertiary/aromatic N) is 2. The summed E-state index contributed by atoms with van der Waals surface area (Å²) in [4.78, 5) is 8.75. The van der Waals surface area contributed by atoms with Gasteiger partial charge in [0, 0.05) is 40.7 Å². The average molecular weight is 306 g/mol. The molecule has 2 aromatic rings. The number of likely N-dealkylation sites (N-methyl/N-ethyl adjacent to an activating group) is 1. The van der Waals surface area contributed by atoms with E-state index >= 15 is 0 Å². The Labute approximate surface area is 116 Å². The fourth-order valence-electron chi connectivity index (χ4n) is 1.97. The number of aromatic nitrogens is 2. The molecule has 2 heterocycles. The highest BCUT2D eigenvalue weighted by Gasteiger charge is 2.13. The van der Waals surface area contributed by atoms with Crippen LogP contribution in [0.3, 0.4) is 0 Å². The molecule has 4 heteroatoms. The fourth-order valence-corrected chi connectivity index (χ4v) is 2.20. The van der Waals surface area contributed by atoms with Gasteiger partial charge in [-0.2, -0.15) is 0 Å². The minimum absolute atomic E-state index is 0.243. The Hall–Kier alpha value is -1.26. The second kappa shape index (κ2) is 6.07. The van der Waals surface area contributed by atoms with Crippen LogP contribution in [0, 0.1) is 6.92 Å². The average Bonchev–Trinajstić information content (AvgIpc) is 2.39. The van der Waals surface area contributed by atoms with Gasteiger partial charge in [-0.3, -0.25) is 9.97 Å². The first kappa shape index (κ1) is 13.2. The largest absolute Gasteiger partial charge is 0.313 e. The van der Waals surface area contributed by atoms with Gasteiger partial charge in [0.1, 0.15) is 0 Å². The van der Waals surface area contributed by atoms with Crippen molar-refractivity contribution in [2.45, 2.75) is 19.4 Å². The number of hydrogen-bond acceptors (Lipinski definition) is 3. The summed E-state index contributed by atoms with van der Waals surface area (Å²) >= 11 is 3.40. The summed E-state index contributed by atoms with van der Waals surface area (Å²) in [6.07, 6.45) is 4.51. The van der Waals surface area contributed by atoms with Crippen LogP contribution in [0.25, 0.3) is 0 Å². The lowest BCUT2D eigenvalue weighted by Crippen LogP contribution is -2.20. The summed E-state index contributed by atoms with van der Waals surface area (Å²) < 4.78 is 1.00. The number of halogens is 1. The lowest BCUT2D eigenvalue weighted by Gasteiger charge is -2.17. The van der Waals surface area contributed by atoms with E-state index in [9.17, 15) is 0 Å². The maximum atomic E-state index is 4.41. The smallest absolute Gasteiger partial charge is 0.0423 e. The van der Waals surface area contributed by atoms with Gasteiger partial charge in [0.2, 0.25) is 0 Å². The molecular formula is C14H16BrN3. The second-order valence-corrected chi connectivity index (χ2v) is 5.11. The van der Waals surface area contributed by atoms with Gasteiger partial charge < -0.3 is 5.32 Å². The number of hydrogen-bond donors (Lipinski definition) is 1. The van der Waals surface area contributed by atoms with Gasteiger partial charge in [-0.05, 0) is 53.7 Å². The molecule has 0 fully saturated rings. The molecule has 0 aromatic carbocycles. The van der Waals surface area contributed by atoms with Crippen LogP contribution in [0.4, 0.5) is 0 Å². The molecule has 0 radical (unpaired) electrons. The van der Waals surface area contributed by atoms with E-state index in [4.69, 9.17) is 0 Å². The Morgan fingerprint density at radius 3 is 2.72 bits per heavy atom. The van der Waals surface area contributed by atoms with Crippen molar-refractivity contribution in [1.82, 2.24) is 15.3 Å². The van der Waals surface area contributed by atoms with Gasteiger partial charge in [-0.15, -0.1) is 0 Å². The Balaban J connectivity index is 2.20. The van der Waals surface area contributed by atoms with Crippen LogP contribution in [0.15, 0.2) is 41.1 Å². The van der Waals surface area contributed by atoms with Crippen molar-refractivity contribution in [1.29, 1.82) is 0 Å². The van der Waals surface area contributed by atoms with Crippen molar-refractivity contribution in [2.75, 3.05) is 7.05 Å². The van der Waals surface area contributed by atoms with E-state index < -0.39 is 0 Å². The lowest BCUT2D eigenvalue weighted by molar-refractivity contribution is 0.578. The molecule has 0 spiro atoms. The Morgan fingerprint density at radius 1 is 1.28 bits per heavy atom. The molecule has 0 aliphatic heterocycles. The molecule has 0 bridgehead atoms. The Morgan fingerprint density at radius 2 is 2.11 bits per heavy atom. The van der Waals surface area contributed by atoms with Crippen LogP contribution < -0.4 is 5.32 Å². The maximum Gasteiger partial charge on any atom is 0.0423 e. The molecule has 0 aliphatic carbocycles. The monoisotopic (exact) mass is 305 g/mol. The Kier molecular flexibility index (Phi) is 4.44. The molecule has 94 valence electrons. The zero-order valence-electron chi connectivity index (χ0n) is 10.5. The van der Waals surface area contributed by atoms with Gasteiger partial charge in [-0.25, -0.2) is 0 Å². The highest BCUT2D eigenvalue weighted by molar-refractivity contribution is 9.10. The van der Waals surface area contributed by atoms with Crippen molar-refractivity contribution >= 4 is 15.9 Å². The van der Waals surface area contributed by atoms with Crippen LogP contribution in [-0.4, -0.2) is 17.0 Å². The van der Waals surface area contributed by atoms with Gasteiger partial charge >= 0.3 is 0 Å². The van der Waals surface area contributed by atoms with Crippen LogP contribution >= 0.6 is 15.9 Å². The number of pyridine rings is 2. The van der Waals surface area contributed by atoms with Crippen LogP contribution in [0.1, 0.15) is 23.0 Å². The number of aryl methyl sites for hydroxylation is 1. The van der Waals surface area contributed by atoms with Crippen molar-refractivity contribution in [3.63, 3.8) is 0 Å². The third kappa shape index (κ3) is 3.15. The van der Waals surface area contributed by atoms with Crippen molar-refractivity contribution in [3.8, 4) is 0 Å². The third-order valence-electron chi connectivity index (χ3n) is 2.97. The predicted molar refractivity (Wildman–Crippen MR) is 76.4 cm³/mol. The highest BCUT2D eigenvalue weighted by Crippen LogP contribution is 2.19. The zero-order chi connectivity index (χ0) is 13.0. The molecule has 18 heavy (non-hydrogen) atoms. The molecule has 1 N–H and O–H groups in total. The molecule has 0 amide bonds. The van der Waals surface area contributed by atoms with Crippen molar-refractivity contribution in [2.24, 2.45) is 0 Å². The van der Waals surface area contributed by atoms with E-state index in [0.29, 0.717) is 0 Å². The van der Waals surface area contributed by atoms with Crippen LogP contribution in [-0.2, 0) is 6.42 Å². The lowest BCUT2D eigenvalue weighted by atomic mass is 10.0. The predicted octanol–water partition coefficient (Wildman–Crippen LogP) is 3.05. The highest BCUT2D eigenvalue weighted by atomic mass is 79.9. The molecule has 3 nitrogen and oxygen atoms in total. The minimum atomic E-state index is 0.243. The molecular weight excluding hydrogens is 290 g/mol. The van der Waals surface area contributed by atoms with E-state index in [0.717, 1.165) is 22.3 Å². The molecule has 0 saturated heterocycles. The molecule has 2 aromatic heterocycles. The quantitative estimate of drug-likeness (QED) is 0.943. The van der Waals surface area contributed by atoms with Crippen LogP contribution in [0.2, 0.25) is 0 Å². The molecule has 1 atom stereocenters. The fraction of sp³-hybridized carbons (Fsp3) is 0.286. The Bertz CT molecular complexity index is 511. The first-order valence-electron chi connectivity index (χ1n) is 5.90. The number of rotatable bonds is 4. The minimum Gasteiger partial charge on any atom is -0.313 e. The molecule has 1 unspecified atom stereocenters. The summed E-state index contributed by atoms with van der Waals surface area (Å²) in [6, 6.07) is 8.39. The van der Waals surface area contributed by atoms with E-state index in [1.54, 1.807) is 0 Å². The van der Waals surface area contributed by atoms with Gasteiger partial charge in [0.25, 0.3) is 0 Å². The topological polar surface area (TPSA) is 37.8 Å². The normalized spacial score (nSPS) is 12.4. The number of nitrogens with one attached hydrogen (secondary N) is 1. The van der Waals surface area contributed by atoms with Gasteiger partial charge in [0.15, 0.2) is 0 Å². The third-order valence-corrected chi connectivity index (χ3v) is 3.44. The van der Waals surface area contributed by atoms with Crippen LogP contribution in [0.5, 0.6) is 0 Å². The molecule has 2 rings (SSSR count). The van der Waals surface area contributed by atoms with Gasteiger partial charge in [-0.1, -0.05) is 6.07 Å². The molecule has 0 aliphatic rings. The first-order valence-corrected chi connectivity index (χ1v) is 6.69. The van der Waals surface area contributed by atoms with E-state index in [-0.39, 0.29) is 6.04 Å². The van der Waals surface area contributed by atoms with E-state index in [1.807, 2.05) is 44.6 Å². The summed E-state index contributed by atoms with van der Waals surface area (Å²) in [5.74, 6) is 0. The zero-order valence-corrected chi connectivity index (χ0v) is 12.1. The van der Waals surface area contributed by atoms with Gasteiger partial charge in [0.05, 0.1) is 0 Å². The second-order valence-electron chi connectivity index (χ2n) is 4.19. The standard InChI is InChI=1S/C14H16BrN3/c1-10-13(4-3-7-17-10)14(16-2)8-12-6-5-11(15)9-18-12/h3-7,9,14,16H,8H2,1-2H3. The summed E-state index contributed by atoms with van der Waals surface area (Å²) in [5.41, 5.74) is 3.36. The van der Waals surface area contributed by atoms with Crippen molar-refractivity contribution < 1.29 is 0 Å². The maximum absolute atomic E-state index is 4.41. The summed E-state index contributed by atoms with van der Waals surface area (Å²) in [5, 5.41) is 3.33. The first-order chi connectivity index (χ1) is 8.70. The van der Waals surface area contributed by atoms with Crippen molar-refractivity contribution in [3.05, 3.63) is 58.1 Å². The molecule has 0 saturated carbocycles. The summed E-state index contributed by atoms with van der Waals surface area (Å²) in [6.45, 7) is 2.04. The van der Waals surface area contributed by atoms with E-state index in [1.165, 1.54) is 5.56 Å². The summed E-state index contributed by atoms with van der Waals surface area (Å²) in [7, 11) is 1.97. The SMILES string of the molecule is CNC(Cc1ccc(Br)cn1)c1cccnc1C. The van der Waals surface area contributed by atoms with E-state index in [2.05, 4.69) is 37.3 Å².